The van der Waals surface area contributed by atoms with E-state index in [1.165, 1.54) is 38.3 Å². The second-order valence-electron chi connectivity index (χ2n) is 31.4. The largest absolute Gasteiger partial charge is 0.497 e. The van der Waals surface area contributed by atoms with Crippen LogP contribution >= 0.6 is 0 Å². The molecule has 9 aliphatic rings. The fraction of sp³-hybridized carbons (Fsp3) is 0.352. The van der Waals surface area contributed by atoms with Crippen LogP contribution in [0.2, 0.25) is 0 Å². The van der Waals surface area contributed by atoms with Crippen molar-refractivity contribution in [2.75, 3.05) is 192 Å². The van der Waals surface area contributed by atoms with Crippen molar-refractivity contribution in [3.8, 4) is 76.0 Å². The number of hydrogen-bond acceptors (Lipinski definition) is 28. The van der Waals surface area contributed by atoms with Crippen LogP contribution in [0.15, 0.2) is 136 Å². The summed E-state index contributed by atoms with van der Waals surface area (Å²) in [5.41, 5.74) is 6.12. The number of ether oxygens (including phenoxy) is 4. The quantitative estimate of drug-likeness (QED) is 0.132. The summed E-state index contributed by atoms with van der Waals surface area (Å²) in [7, 11) is 8.05. The van der Waals surface area contributed by atoms with Crippen LogP contribution in [0.4, 0.5) is 69.4 Å². The molecule has 3 saturated heterocycles. The van der Waals surface area contributed by atoms with Gasteiger partial charge in [0.15, 0.2) is 88.9 Å². The Kier molecular flexibility index (Phi) is 22.1. The summed E-state index contributed by atoms with van der Waals surface area (Å²) in [5.74, 6) is 24.0. The number of amides is 3. The van der Waals surface area contributed by atoms with Crippen LogP contribution < -0.4 is 81.0 Å². The molecule has 3 fully saturated rings. The molecule has 3 aromatic carbocycles. The topological polar surface area (TPSA) is 350 Å². The van der Waals surface area contributed by atoms with Crippen LogP contribution in [0.25, 0.3) is 50.6 Å². The van der Waals surface area contributed by atoms with Crippen LogP contribution in [-0.2, 0) is 34.0 Å². The zero-order chi connectivity index (χ0) is 85.3. The summed E-state index contributed by atoms with van der Waals surface area (Å²) in [6, 6.07) is 32.9. The third-order valence-corrected chi connectivity index (χ3v) is 23.2. The number of fused-ring (bicyclic) bond motifs is 15. The molecule has 37 nitrogen and oxygen atoms in total. The van der Waals surface area contributed by atoms with E-state index in [1.807, 2.05) is 42.5 Å². The molecule has 0 radical (unpaired) electrons. The van der Waals surface area contributed by atoms with Crippen molar-refractivity contribution in [2.24, 2.45) is 0 Å². The number of nitrogens with one attached hydrogen (secondary N) is 3. The maximum Gasteiger partial charge on any atom is 0.279 e. The van der Waals surface area contributed by atoms with Gasteiger partial charge in [-0.15, -0.1) is 17.8 Å². The average Bonchev–Trinajstić information content (AvgIpc) is 1.61. The molecule has 9 aliphatic heterocycles. The molecule has 0 unspecified atom stereocenters. The van der Waals surface area contributed by atoms with E-state index in [0.717, 1.165) is 107 Å². The molecule has 18 heterocycles. The first-order valence-electron chi connectivity index (χ1n) is 41.8. The van der Waals surface area contributed by atoms with E-state index >= 15 is 0 Å². The van der Waals surface area contributed by atoms with E-state index in [0.29, 0.717) is 167 Å². The lowest BCUT2D eigenvalue weighted by Gasteiger charge is -2.34. The Morgan fingerprint density at radius 1 is 0.360 bits per heavy atom. The number of carbonyl (C=O) groups is 3. The predicted octanol–water partition coefficient (Wildman–Crippen LogP) is 5.99. The van der Waals surface area contributed by atoms with E-state index < -0.39 is 0 Å². The van der Waals surface area contributed by atoms with Gasteiger partial charge < -0.3 is 64.3 Å². The van der Waals surface area contributed by atoms with Crippen molar-refractivity contribution >= 4 is 120 Å². The minimum Gasteiger partial charge on any atom is -0.497 e. The third-order valence-electron chi connectivity index (χ3n) is 23.2. The number of hydrogen-bond donors (Lipinski definition) is 3. The summed E-state index contributed by atoms with van der Waals surface area (Å²) in [6.07, 6.45) is 8.42. The highest BCUT2D eigenvalue weighted by Crippen LogP contribution is 2.38. The molecule has 21 rings (SSSR count). The number of carbonyl (C=O) groups excluding carboxylic acids is 3. The summed E-state index contributed by atoms with van der Waals surface area (Å²) >= 11 is 0. The fourth-order valence-electron chi connectivity index (χ4n) is 16.3. The van der Waals surface area contributed by atoms with Crippen LogP contribution in [0.1, 0.15) is 38.5 Å². The van der Waals surface area contributed by atoms with E-state index in [-0.39, 0.29) is 73.9 Å². The SMILES string of the molecule is CN1CCN(c2ccc(Nc3ncc4c(=O)n5n(c4n3)-c3ccc4c(n3)N(CCCC#CC5)C(=O)CO4)cc2)CC1.CN1CCN(c2cccc(Nc3ncc4c(=O)n5n(c4n3)-c3ccc4c(n3)N(CCCC#CC5)C(=O)CO4)c2)CC1.COc1cc(Nc2ncc3c(=O)n4n(c3n2)-c2ccc3c(n2)N(CCCC#CC4)C(=O)CO3)cc(N2CCN(C)CC2)c1. The summed E-state index contributed by atoms with van der Waals surface area (Å²) in [6.45, 7) is 13.7. The first-order valence-corrected chi connectivity index (χ1v) is 41.8. The molecule has 0 spiro atoms. The molecule has 0 saturated carbocycles. The Labute approximate surface area is 716 Å². The molecule has 0 aliphatic carbocycles. The number of benzene rings is 3. The second-order valence-corrected chi connectivity index (χ2v) is 31.4. The summed E-state index contributed by atoms with van der Waals surface area (Å²) < 4.78 is 32.0. The normalized spacial score (nSPS) is 17.0. The van der Waals surface area contributed by atoms with Gasteiger partial charge >= 0.3 is 0 Å². The number of piperazine rings is 3. The molecule has 0 atom stereocenters. The molecular formula is C88H89N27O10. The first-order chi connectivity index (χ1) is 61.1. The van der Waals surface area contributed by atoms with Gasteiger partial charge in [0.25, 0.3) is 34.4 Å². The van der Waals surface area contributed by atoms with Crippen LogP contribution in [0.3, 0.4) is 0 Å². The van der Waals surface area contributed by atoms with Crippen LogP contribution in [0.5, 0.6) is 23.0 Å². The first kappa shape index (κ1) is 79.9. The fourth-order valence-corrected chi connectivity index (χ4v) is 16.3. The molecule has 125 heavy (non-hydrogen) atoms. The minimum atomic E-state index is -0.282. The molecule has 9 aromatic heterocycles. The molecule has 3 N–H and O–H groups in total. The summed E-state index contributed by atoms with van der Waals surface area (Å²) in [4.78, 5) is 140. The molecule has 6 bridgehead atoms. The van der Waals surface area contributed by atoms with Crippen molar-refractivity contribution < 1.29 is 33.3 Å². The van der Waals surface area contributed by atoms with Gasteiger partial charge in [0, 0.05) is 182 Å². The highest BCUT2D eigenvalue weighted by molar-refractivity contribution is 5.99. The van der Waals surface area contributed by atoms with Crippen LogP contribution in [-0.4, -0.2) is 252 Å². The van der Waals surface area contributed by atoms with Gasteiger partial charge in [-0.3, -0.25) is 43.5 Å². The zero-order valence-corrected chi connectivity index (χ0v) is 69.5. The van der Waals surface area contributed by atoms with Gasteiger partial charge in [-0.2, -0.15) is 15.0 Å². The third kappa shape index (κ3) is 16.3. The Morgan fingerprint density at radius 2 is 0.728 bits per heavy atom. The number of likely N-dealkylation sites (N-methyl/N-ethyl adjacent to an activating group) is 3. The predicted molar refractivity (Wildman–Crippen MR) is 472 cm³/mol. The second kappa shape index (κ2) is 34.6. The highest BCUT2D eigenvalue weighted by atomic mass is 16.5. The van der Waals surface area contributed by atoms with E-state index in [4.69, 9.17) is 48.9 Å². The van der Waals surface area contributed by atoms with E-state index in [2.05, 4.69) is 141 Å². The van der Waals surface area contributed by atoms with Crippen molar-refractivity contribution in [3.05, 3.63) is 153 Å². The van der Waals surface area contributed by atoms with E-state index in [1.54, 1.807) is 72.3 Å². The number of rotatable bonds is 10. The van der Waals surface area contributed by atoms with Gasteiger partial charge in [0.2, 0.25) is 17.8 Å². The van der Waals surface area contributed by atoms with Gasteiger partial charge in [0.05, 0.1) is 7.11 Å². The monoisotopic (exact) mass is 1680 g/mol. The number of pyridine rings is 3. The smallest absolute Gasteiger partial charge is 0.279 e. The maximum absolute atomic E-state index is 13.6. The Bertz CT molecular complexity index is 6630. The van der Waals surface area contributed by atoms with Gasteiger partial charge in [-0.1, -0.05) is 23.8 Å². The number of aromatic nitrogens is 15. The van der Waals surface area contributed by atoms with Gasteiger partial charge in [-0.05, 0) is 125 Å². The number of methoxy groups -OCH3 is 1. The van der Waals surface area contributed by atoms with Gasteiger partial charge in [0.1, 0.15) is 41.5 Å². The molecule has 3 amide bonds. The summed E-state index contributed by atoms with van der Waals surface area (Å²) in [5, 5.41) is 10.9. The maximum atomic E-state index is 13.6. The average molecular weight is 1680 g/mol. The molecule has 37 heteroatoms. The number of anilines is 12. The lowest BCUT2D eigenvalue weighted by Crippen LogP contribution is -2.44. The molecule has 636 valence electrons. The standard InChI is InChI=1S/C30H31N9O4.2C29H29N9O3/c1-35-11-13-36(14-12-35)21-15-20(16-22(17-21)42-2)32-30-31-18-23-27(34-30)39-25-8-7-24-28(33-25)37(26(40)19-43-24)9-5-3-4-6-10-38(39)29(23)41;1-34-14-16-35(17-15-34)21-8-6-20(7-9-21)31-29-30-18-22-26(33-29)38-24-11-10-23-27(32-24)36(25(39)19-41-23)12-4-2-3-5-13-37(38)28(22)40;1-34-13-15-35(16-14-34)21-8-6-7-20(17-21)31-29-30-18-22-26(33-29)38-24-10-9-23-27(32-24)36(25(39)19-41-23)11-4-2-3-5-12-37(38)28(22)40/h7-8,15-18H,3,5,9-14,19H2,1-2H3,(H,31,32,34);6-11,18H,2,4,12-17,19H2,1H3,(H,30,31,33);6-10,17-18H,2,4,11-16,19H2,1H3,(H,30,31,33). The van der Waals surface area contributed by atoms with Crippen LogP contribution in [0, 0.1) is 35.5 Å². The van der Waals surface area contributed by atoms with Crippen molar-refractivity contribution in [3.63, 3.8) is 0 Å². The van der Waals surface area contributed by atoms with Gasteiger partial charge in [-0.25, -0.2) is 58.0 Å². The Hall–Kier alpha value is -14.9. The zero-order valence-electron chi connectivity index (χ0n) is 69.5. The lowest BCUT2D eigenvalue weighted by atomic mass is 10.2. The highest BCUT2D eigenvalue weighted by Gasteiger charge is 2.34. The van der Waals surface area contributed by atoms with Crippen molar-refractivity contribution in [1.29, 1.82) is 0 Å². The van der Waals surface area contributed by atoms with E-state index in [9.17, 15) is 28.8 Å². The Morgan fingerprint density at radius 3 is 1.13 bits per heavy atom. The minimum absolute atomic E-state index is 0.0323. The van der Waals surface area contributed by atoms with Crippen molar-refractivity contribution in [1.82, 2.24) is 87.6 Å². The molecule has 12 aromatic rings. The Balaban J connectivity index is 0.000000123. The lowest BCUT2D eigenvalue weighted by molar-refractivity contribution is -0.122. The molecular weight excluding hydrogens is 1600 g/mol. The number of nitrogens with zero attached hydrogens (tertiary/aromatic N) is 24. The van der Waals surface area contributed by atoms with Crippen molar-refractivity contribution in [2.45, 2.75) is 58.2 Å².